The predicted octanol–water partition coefficient (Wildman–Crippen LogP) is 2.77. The van der Waals surface area contributed by atoms with Crippen LogP contribution in [0.4, 0.5) is 14.9 Å². The van der Waals surface area contributed by atoms with Gasteiger partial charge in [-0.15, -0.1) is 0 Å². The number of benzene rings is 2. The molecule has 9 nitrogen and oxygen atoms in total. The average molecular weight is 463 g/mol. The number of fused-ring (bicyclic) bond motifs is 1. The molecular weight excluding hydrogens is 441 g/mol. The normalized spacial score (nSPS) is 11.4. The van der Waals surface area contributed by atoms with Crippen LogP contribution in [0.5, 0.6) is 5.75 Å². The van der Waals surface area contributed by atoms with E-state index in [2.05, 4.69) is 4.72 Å². The smallest absolute Gasteiger partial charge is 0.414 e. The number of carbonyl (C=O) groups excluding carboxylic acids is 1. The minimum Gasteiger partial charge on any atom is -0.422 e. The molecule has 0 aliphatic heterocycles. The van der Waals surface area contributed by atoms with E-state index in [4.69, 9.17) is 9.15 Å². The Labute approximate surface area is 184 Å². The predicted molar refractivity (Wildman–Crippen MR) is 118 cm³/mol. The molecule has 2 N–H and O–H groups in total. The number of nitrogens with zero attached hydrogens (tertiary/aromatic N) is 1. The van der Waals surface area contributed by atoms with Crippen molar-refractivity contribution in [2.75, 3.05) is 25.9 Å². The second-order valence-electron chi connectivity index (χ2n) is 7.18. The molecule has 0 radical (unpaired) electrons. The molecule has 0 aliphatic rings. The molecule has 1 amide bonds. The molecule has 3 aromatic rings. The highest BCUT2D eigenvalue weighted by molar-refractivity contribution is 7.90. The second kappa shape index (κ2) is 8.97. The van der Waals surface area contributed by atoms with Gasteiger partial charge in [-0.1, -0.05) is 12.1 Å². The van der Waals surface area contributed by atoms with Crippen LogP contribution in [-0.4, -0.2) is 40.6 Å². The summed E-state index contributed by atoms with van der Waals surface area (Å²) in [6, 6.07) is 8.86. The van der Waals surface area contributed by atoms with Gasteiger partial charge in [-0.05, 0) is 36.2 Å². The third-order valence-electron chi connectivity index (χ3n) is 4.79. The molecule has 3 rings (SSSR count). The topological polar surface area (TPSA) is 118 Å². The average Bonchev–Trinajstić information content (AvgIpc) is 2.73. The zero-order valence-electron chi connectivity index (χ0n) is 17.9. The largest absolute Gasteiger partial charge is 0.422 e. The molecule has 0 saturated carbocycles. The van der Waals surface area contributed by atoms with Gasteiger partial charge in [0.2, 0.25) is 0 Å². The second-order valence-corrected chi connectivity index (χ2v) is 8.80. The summed E-state index contributed by atoms with van der Waals surface area (Å²) >= 11 is 0. The number of carbonyl (C=O) groups is 1. The first-order chi connectivity index (χ1) is 15.0. The number of hydrogen-bond acceptors (Lipinski definition) is 6. The molecule has 11 heteroatoms. The van der Waals surface area contributed by atoms with E-state index in [-0.39, 0.29) is 34.6 Å². The lowest BCUT2D eigenvalue weighted by Crippen LogP contribution is -2.27. The van der Waals surface area contributed by atoms with Crippen LogP contribution in [0.3, 0.4) is 0 Å². The molecule has 0 unspecified atom stereocenters. The van der Waals surface area contributed by atoms with Crippen LogP contribution in [-0.2, 0) is 16.6 Å². The van der Waals surface area contributed by atoms with Gasteiger partial charge >= 0.3 is 11.7 Å². The lowest BCUT2D eigenvalue weighted by molar-refractivity contribution is 0.172. The first-order valence-electron chi connectivity index (χ1n) is 9.46. The Bertz CT molecular complexity index is 1350. The Hall–Kier alpha value is -3.44. The number of aryl methyl sites for hydroxylation is 1. The lowest BCUT2D eigenvalue weighted by atomic mass is 9.99. The van der Waals surface area contributed by atoms with E-state index in [1.807, 2.05) is 4.72 Å². The van der Waals surface area contributed by atoms with Crippen LogP contribution in [0, 0.1) is 12.7 Å². The maximum Gasteiger partial charge on any atom is 0.414 e. The van der Waals surface area contributed by atoms with Crippen molar-refractivity contribution < 1.29 is 26.8 Å². The summed E-state index contributed by atoms with van der Waals surface area (Å²) in [5.41, 5.74) is 0.216. The summed E-state index contributed by atoms with van der Waals surface area (Å²) in [6.07, 6.45) is -0.688. The van der Waals surface area contributed by atoms with Crippen LogP contribution in [0.1, 0.15) is 16.7 Å². The number of anilines is 1. The highest BCUT2D eigenvalue weighted by atomic mass is 32.2. The van der Waals surface area contributed by atoms with E-state index in [0.717, 1.165) is 0 Å². The number of rotatable bonds is 6. The minimum absolute atomic E-state index is 0.109. The summed E-state index contributed by atoms with van der Waals surface area (Å²) in [6.45, 7) is 1.70. The van der Waals surface area contributed by atoms with Crippen molar-refractivity contribution in [3.05, 3.63) is 69.3 Å². The van der Waals surface area contributed by atoms with E-state index in [1.54, 1.807) is 19.1 Å². The summed E-state index contributed by atoms with van der Waals surface area (Å²) in [4.78, 5) is 25.6. The van der Waals surface area contributed by atoms with Gasteiger partial charge in [0.15, 0.2) is 5.82 Å². The molecular formula is C21H22FN3O6S. The van der Waals surface area contributed by atoms with Crippen LogP contribution in [0.15, 0.2) is 45.6 Å². The molecule has 170 valence electrons. The van der Waals surface area contributed by atoms with E-state index in [0.29, 0.717) is 10.9 Å². The Morgan fingerprint density at radius 3 is 2.59 bits per heavy atom. The van der Waals surface area contributed by atoms with Crippen molar-refractivity contribution in [2.45, 2.75) is 13.3 Å². The van der Waals surface area contributed by atoms with E-state index < -0.39 is 27.7 Å². The molecule has 32 heavy (non-hydrogen) atoms. The Balaban J connectivity index is 1.98. The van der Waals surface area contributed by atoms with Crippen molar-refractivity contribution in [2.24, 2.45) is 0 Å². The molecule has 1 heterocycles. The van der Waals surface area contributed by atoms with Crippen molar-refractivity contribution in [1.29, 1.82) is 0 Å². The Kier molecular flexibility index (Phi) is 6.51. The van der Waals surface area contributed by atoms with Gasteiger partial charge in [0.1, 0.15) is 11.3 Å². The summed E-state index contributed by atoms with van der Waals surface area (Å²) in [7, 11) is 0.367. The SMILES string of the molecule is CNS(=O)(=O)Nc1cccc(Cc2c(C)c3ccc(OC(=O)N(C)C)cc3oc2=O)c1F. The van der Waals surface area contributed by atoms with Crippen molar-refractivity contribution in [3.8, 4) is 5.75 Å². The molecule has 0 bridgehead atoms. The number of amides is 1. The van der Waals surface area contributed by atoms with Gasteiger partial charge in [-0.2, -0.15) is 8.42 Å². The zero-order valence-corrected chi connectivity index (χ0v) is 18.7. The minimum atomic E-state index is -3.91. The third kappa shape index (κ3) is 4.89. The lowest BCUT2D eigenvalue weighted by Gasteiger charge is -2.13. The number of halogens is 1. The monoisotopic (exact) mass is 463 g/mol. The summed E-state index contributed by atoms with van der Waals surface area (Å²) < 4.78 is 53.0. The van der Waals surface area contributed by atoms with Gasteiger partial charge in [0, 0.05) is 44.6 Å². The summed E-state index contributed by atoms with van der Waals surface area (Å²) in [5.74, 6) is -0.585. The molecule has 2 aromatic carbocycles. The fourth-order valence-corrected chi connectivity index (χ4v) is 3.56. The van der Waals surface area contributed by atoms with Gasteiger partial charge in [-0.3, -0.25) is 4.72 Å². The van der Waals surface area contributed by atoms with Crippen LogP contribution < -0.4 is 19.8 Å². The molecule has 0 spiro atoms. The van der Waals surface area contributed by atoms with Crippen LogP contribution in [0.2, 0.25) is 0 Å². The van der Waals surface area contributed by atoms with Gasteiger partial charge < -0.3 is 14.1 Å². The van der Waals surface area contributed by atoms with Crippen LogP contribution in [0.25, 0.3) is 11.0 Å². The molecule has 0 atom stereocenters. The first-order valence-corrected chi connectivity index (χ1v) is 10.9. The van der Waals surface area contributed by atoms with Gasteiger partial charge in [-0.25, -0.2) is 18.7 Å². The maximum absolute atomic E-state index is 14.9. The standard InChI is InChI=1S/C21H22FN3O6S/c1-12-15-9-8-14(30-21(27)25(3)4)11-18(15)31-20(26)16(12)10-13-6-5-7-17(19(13)22)24-32(28,29)23-2/h5-9,11,23-24H,10H2,1-4H3. The first kappa shape index (κ1) is 23.2. The zero-order chi connectivity index (χ0) is 23.6. The third-order valence-corrected chi connectivity index (χ3v) is 5.81. The molecule has 0 aliphatic carbocycles. The van der Waals surface area contributed by atoms with Crippen molar-refractivity contribution >= 4 is 33.0 Å². The van der Waals surface area contributed by atoms with Gasteiger partial charge in [0.25, 0.3) is 10.2 Å². The molecule has 0 saturated heterocycles. The number of nitrogens with one attached hydrogen (secondary N) is 2. The highest BCUT2D eigenvalue weighted by Crippen LogP contribution is 2.27. The van der Waals surface area contributed by atoms with E-state index in [9.17, 15) is 22.4 Å². The fourth-order valence-electron chi connectivity index (χ4n) is 3.02. The maximum atomic E-state index is 14.9. The van der Waals surface area contributed by atoms with Crippen molar-refractivity contribution in [1.82, 2.24) is 9.62 Å². The van der Waals surface area contributed by atoms with E-state index >= 15 is 0 Å². The van der Waals surface area contributed by atoms with Crippen LogP contribution >= 0.6 is 0 Å². The Morgan fingerprint density at radius 1 is 1.22 bits per heavy atom. The Morgan fingerprint density at radius 2 is 1.94 bits per heavy atom. The number of hydrogen-bond donors (Lipinski definition) is 2. The van der Waals surface area contributed by atoms with Gasteiger partial charge in [0.05, 0.1) is 5.69 Å². The summed E-state index contributed by atoms with van der Waals surface area (Å²) in [5, 5.41) is 0.594. The fraction of sp³-hybridized carbons (Fsp3) is 0.238. The molecule has 1 aromatic heterocycles. The van der Waals surface area contributed by atoms with E-state index in [1.165, 1.54) is 50.3 Å². The molecule has 0 fully saturated rings. The number of ether oxygens (including phenoxy) is 1. The highest BCUT2D eigenvalue weighted by Gasteiger charge is 2.18. The van der Waals surface area contributed by atoms with Crippen molar-refractivity contribution in [3.63, 3.8) is 0 Å². The quantitative estimate of drug-likeness (QED) is 0.543.